The minimum atomic E-state index is 0.642. The summed E-state index contributed by atoms with van der Waals surface area (Å²) in [5.74, 6) is 2.02. The molecule has 1 aromatic heterocycles. The predicted molar refractivity (Wildman–Crippen MR) is 70.2 cm³/mol. The van der Waals surface area contributed by atoms with Crippen molar-refractivity contribution in [3.63, 3.8) is 0 Å². The van der Waals surface area contributed by atoms with Crippen LogP contribution in [-0.2, 0) is 19.3 Å². The SMILES string of the molecule is CCCCc1nc2c(c(NCCN)n1)CCC2. The lowest BCUT2D eigenvalue weighted by Gasteiger charge is -2.11. The van der Waals surface area contributed by atoms with E-state index in [4.69, 9.17) is 5.73 Å². The Kier molecular flexibility index (Phi) is 4.31. The maximum absolute atomic E-state index is 5.53. The van der Waals surface area contributed by atoms with Crippen LogP contribution in [0.2, 0.25) is 0 Å². The molecule has 0 saturated carbocycles. The Morgan fingerprint density at radius 3 is 2.94 bits per heavy atom. The van der Waals surface area contributed by atoms with Crippen molar-refractivity contribution in [1.29, 1.82) is 0 Å². The predicted octanol–water partition coefficient (Wildman–Crippen LogP) is 1.68. The largest absolute Gasteiger partial charge is 0.368 e. The Morgan fingerprint density at radius 2 is 2.18 bits per heavy atom. The van der Waals surface area contributed by atoms with Crippen LogP contribution in [0.25, 0.3) is 0 Å². The van der Waals surface area contributed by atoms with Crippen LogP contribution in [0, 0.1) is 0 Å². The van der Waals surface area contributed by atoms with Gasteiger partial charge in [0.15, 0.2) is 0 Å². The van der Waals surface area contributed by atoms with E-state index in [2.05, 4.69) is 22.2 Å². The monoisotopic (exact) mass is 234 g/mol. The van der Waals surface area contributed by atoms with Crippen LogP contribution in [0.15, 0.2) is 0 Å². The summed E-state index contributed by atoms with van der Waals surface area (Å²) in [5, 5.41) is 3.34. The standard InChI is InChI=1S/C13H22N4/c1-2-3-7-12-16-11-6-4-5-10(11)13(17-12)15-9-8-14/h2-9,14H2,1H3,(H,15,16,17). The highest BCUT2D eigenvalue weighted by atomic mass is 15.0. The number of rotatable bonds is 6. The fraction of sp³-hybridized carbons (Fsp3) is 0.692. The molecule has 1 aliphatic carbocycles. The van der Waals surface area contributed by atoms with Gasteiger partial charge >= 0.3 is 0 Å². The van der Waals surface area contributed by atoms with E-state index in [1.54, 1.807) is 0 Å². The Bertz CT molecular complexity index is 376. The van der Waals surface area contributed by atoms with Crippen LogP contribution >= 0.6 is 0 Å². The van der Waals surface area contributed by atoms with Crippen molar-refractivity contribution in [2.45, 2.75) is 45.4 Å². The van der Waals surface area contributed by atoms with Crippen LogP contribution in [0.3, 0.4) is 0 Å². The van der Waals surface area contributed by atoms with Gasteiger partial charge in [-0.05, 0) is 25.7 Å². The first-order valence-corrected chi connectivity index (χ1v) is 6.67. The van der Waals surface area contributed by atoms with E-state index in [9.17, 15) is 0 Å². The number of aromatic nitrogens is 2. The molecule has 4 nitrogen and oxygen atoms in total. The third-order valence-electron chi connectivity index (χ3n) is 3.17. The topological polar surface area (TPSA) is 63.8 Å². The van der Waals surface area contributed by atoms with E-state index in [-0.39, 0.29) is 0 Å². The van der Waals surface area contributed by atoms with E-state index in [0.717, 1.165) is 43.9 Å². The second kappa shape index (κ2) is 5.96. The first kappa shape index (κ1) is 12.3. The smallest absolute Gasteiger partial charge is 0.133 e. The molecule has 94 valence electrons. The summed E-state index contributed by atoms with van der Waals surface area (Å²) in [6.45, 7) is 3.63. The molecule has 0 unspecified atom stereocenters. The molecular weight excluding hydrogens is 212 g/mol. The number of aryl methyl sites for hydroxylation is 2. The van der Waals surface area contributed by atoms with Crippen molar-refractivity contribution in [2.24, 2.45) is 5.73 Å². The van der Waals surface area contributed by atoms with Gasteiger partial charge in [-0.1, -0.05) is 13.3 Å². The molecule has 0 radical (unpaired) electrons. The molecule has 0 atom stereocenters. The van der Waals surface area contributed by atoms with Gasteiger partial charge in [-0.25, -0.2) is 9.97 Å². The second-order valence-electron chi connectivity index (χ2n) is 4.59. The maximum atomic E-state index is 5.53. The van der Waals surface area contributed by atoms with E-state index >= 15 is 0 Å². The van der Waals surface area contributed by atoms with Gasteiger partial charge in [-0.3, -0.25) is 0 Å². The number of fused-ring (bicyclic) bond motifs is 1. The first-order chi connectivity index (χ1) is 8.35. The van der Waals surface area contributed by atoms with Crippen molar-refractivity contribution in [2.75, 3.05) is 18.4 Å². The molecule has 3 N–H and O–H groups in total. The third kappa shape index (κ3) is 2.94. The van der Waals surface area contributed by atoms with E-state index in [1.165, 1.54) is 24.1 Å². The summed E-state index contributed by atoms with van der Waals surface area (Å²) in [5.41, 5.74) is 8.11. The summed E-state index contributed by atoms with van der Waals surface area (Å²) in [4.78, 5) is 9.32. The number of unbranched alkanes of at least 4 members (excludes halogenated alkanes) is 1. The van der Waals surface area contributed by atoms with Gasteiger partial charge in [0.25, 0.3) is 0 Å². The fourth-order valence-corrected chi connectivity index (χ4v) is 2.27. The summed E-state index contributed by atoms with van der Waals surface area (Å²) < 4.78 is 0. The Labute approximate surface area is 103 Å². The molecule has 0 aliphatic heterocycles. The van der Waals surface area contributed by atoms with Gasteiger partial charge in [0.1, 0.15) is 11.6 Å². The quantitative estimate of drug-likeness (QED) is 0.786. The highest BCUT2D eigenvalue weighted by Crippen LogP contribution is 2.26. The summed E-state index contributed by atoms with van der Waals surface area (Å²) >= 11 is 0. The van der Waals surface area contributed by atoms with Crippen molar-refractivity contribution in [1.82, 2.24) is 9.97 Å². The molecule has 0 spiro atoms. The van der Waals surface area contributed by atoms with Gasteiger partial charge in [0, 0.05) is 30.8 Å². The lowest BCUT2D eigenvalue weighted by Crippen LogP contribution is -2.16. The molecule has 0 amide bonds. The molecule has 0 fully saturated rings. The molecule has 0 aromatic carbocycles. The molecule has 1 aromatic rings. The maximum Gasteiger partial charge on any atom is 0.133 e. The van der Waals surface area contributed by atoms with Crippen molar-refractivity contribution < 1.29 is 0 Å². The highest BCUT2D eigenvalue weighted by Gasteiger charge is 2.18. The minimum absolute atomic E-state index is 0.642. The number of anilines is 1. The van der Waals surface area contributed by atoms with Crippen LogP contribution < -0.4 is 11.1 Å². The zero-order chi connectivity index (χ0) is 12.1. The van der Waals surface area contributed by atoms with E-state index < -0.39 is 0 Å². The first-order valence-electron chi connectivity index (χ1n) is 6.67. The van der Waals surface area contributed by atoms with Gasteiger partial charge in [0.05, 0.1) is 0 Å². The highest BCUT2D eigenvalue weighted by molar-refractivity contribution is 5.48. The fourth-order valence-electron chi connectivity index (χ4n) is 2.27. The second-order valence-corrected chi connectivity index (χ2v) is 4.59. The molecule has 1 heterocycles. The Hall–Kier alpha value is -1.16. The van der Waals surface area contributed by atoms with Crippen LogP contribution in [0.4, 0.5) is 5.82 Å². The van der Waals surface area contributed by atoms with Gasteiger partial charge in [0.2, 0.25) is 0 Å². The molecular formula is C13H22N4. The number of nitrogens with two attached hydrogens (primary N) is 1. The van der Waals surface area contributed by atoms with Crippen LogP contribution in [0.5, 0.6) is 0 Å². The summed E-state index contributed by atoms with van der Waals surface area (Å²) in [7, 11) is 0. The number of nitrogens with zero attached hydrogens (tertiary/aromatic N) is 2. The molecule has 2 rings (SSSR count). The lowest BCUT2D eigenvalue weighted by molar-refractivity contribution is 0.745. The number of hydrogen-bond donors (Lipinski definition) is 2. The Morgan fingerprint density at radius 1 is 1.29 bits per heavy atom. The molecule has 17 heavy (non-hydrogen) atoms. The van der Waals surface area contributed by atoms with Crippen LogP contribution in [0.1, 0.15) is 43.3 Å². The zero-order valence-corrected chi connectivity index (χ0v) is 10.6. The van der Waals surface area contributed by atoms with Crippen molar-refractivity contribution in [3.8, 4) is 0 Å². The lowest BCUT2D eigenvalue weighted by atomic mass is 10.2. The molecule has 1 aliphatic rings. The third-order valence-corrected chi connectivity index (χ3v) is 3.17. The average molecular weight is 234 g/mol. The van der Waals surface area contributed by atoms with E-state index in [1.807, 2.05) is 0 Å². The van der Waals surface area contributed by atoms with Crippen LogP contribution in [-0.4, -0.2) is 23.1 Å². The summed E-state index contributed by atoms with van der Waals surface area (Å²) in [6.07, 6.45) is 6.76. The van der Waals surface area contributed by atoms with E-state index in [0.29, 0.717) is 6.54 Å². The number of nitrogens with one attached hydrogen (secondary N) is 1. The molecule has 4 heteroatoms. The van der Waals surface area contributed by atoms with Crippen molar-refractivity contribution in [3.05, 3.63) is 17.1 Å². The van der Waals surface area contributed by atoms with Gasteiger partial charge in [-0.15, -0.1) is 0 Å². The summed E-state index contributed by atoms with van der Waals surface area (Å²) in [6, 6.07) is 0. The van der Waals surface area contributed by atoms with Gasteiger partial charge in [-0.2, -0.15) is 0 Å². The average Bonchev–Trinajstić information content (AvgIpc) is 2.81. The normalized spacial score (nSPS) is 13.8. The van der Waals surface area contributed by atoms with Crippen molar-refractivity contribution >= 4 is 5.82 Å². The Balaban J connectivity index is 2.19. The number of hydrogen-bond acceptors (Lipinski definition) is 4. The minimum Gasteiger partial charge on any atom is -0.368 e. The molecule has 0 saturated heterocycles. The van der Waals surface area contributed by atoms with Gasteiger partial charge < -0.3 is 11.1 Å². The zero-order valence-electron chi connectivity index (χ0n) is 10.6. The molecule has 0 bridgehead atoms.